The summed E-state index contributed by atoms with van der Waals surface area (Å²) >= 11 is 0. The topological polar surface area (TPSA) is 97.4 Å². The van der Waals surface area contributed by atoms with Gasteiger partial charge in [-0.15, -0.1) is 0 Å². The van der Waals surface area contributed by atoms with E-state index >= 15 is 0 Å². The minimum Gasteiger partial charge on any atom is -0.486 e. The minimum atomic E-state index is -0.376. The first-order valence-corrected chi connectivity index (χ1v) is 10.6. The standard InChI is InChI=1S/C23H23N3O6/c27-21(24-16-4-6-19-20(12-16)31-10-9-30-19)13-26-17-11-15(23(29)25-7-1-2-8-25)3-5-18(17)32-14-22(26)28/h3-6,11-12H,1-2,7-10,13-14H2,(H,24,27). The molecule has 3 amide bonds. The van der Waals surface area contributed by atoms with Crippen molar-refractivity contribution in [2.75, 3.05) is 49.7 Å². The van der Waals surface area contributed by atoms with Gasteiger partial charge < -0.3 is 24.4 Å². The highest BCUT2D eigenvalue weighted by atomic mass is 16.6. The fourth-order valence-electron chi connectivity index (χ4n) is 4.08. The summed E-state index contributed by atoms with van der Waals surface area (Å²) in [7, 11) is 0. The molecule has 5 rings (SSSR count). The molecule has 0 aromatic heterocycles. The third-order valence-electron chi connectivity index (χ3n) is 5.67. The Bertz CT molecular complexity index is 1080. The number of likely N-dealkylation sites (tertiary alicyclic amines) is 1. The van der Waals surface area contributed by atoms with Crippen LogP contribution >= 0.6 is 0 Å². The fourth-order valence-corrected chi connectivity index (χ4v) is 4.08. The maximum absolute atomic E-state index is 12.8. The molecule has 2 aromatic rings. The van der Waals surface area contributed by atoms with Crippen LogP contribution in [0.4, 0.5) is 11.4 Å². The summed E-state index contributed by atoms with van der Waals surface area (Å²) in [6.07, 6.45) is 1.98. The molecular weight excluding hydrogens is 414 g/mol. The average Bonchev–Trinajstić information content (AvgIpc) is 3.35. The van der Waals surface area contributed by atoms with E-state index < -0.39 is 0 Å². The van der Waals surface area contributed by atoms with Gasteiger partial charge in [-0.3, -0.25) is 19.3 Å². The molecule has 0 bridgehead atoms. The smallest absolute Gasteiger partial charge is 0.265 e. The molecule has 0 aliphatic carbocycles. The molecule has 166 valence electrons. The molecule has 0 atom stereocenters. The largest absolute Gasteiger partial charge is 0.486 e. The van der Waals surface area contributed by atoms with Crippen LogP contribution < -0.4 is 24.4 Å². The number of fused-ring (bicyclic) bond motifs is 2. The summed E-state index contributed by atoms with van der Waals surface area (Å²) in [5.74, 6) is 0.854. The molecule has 2 aromatic carbocycles. The van der Waals surface area contributed by atoms with Crippen molar-refractivity contribution in [2.24, 2.45) is 0 Å². The van der Waals surface area contributed by atoms with Crippen molar-refractivity contribution in [1.29, 1.82) is 0 Å². The SMILES string of the molecule is O=C(CN1C(=O)COc2ccc(C(=O)N3CCCC3)cc21)Nc1ccc2c(c1)OCCO2. The highest BCUT2D eigenvalue weighted by Gasteiger charge is 2.29. The number of nitrogens with one attached hydrogen (secondary N) is 1. The third kappa shape index (κ3) is 3.93. The lowest BCUT2D eigenvalue weighted by atomic mass is 10.1. The Balaban J connectivity index is 1.33. The molecule has 3 aliphatic rings. The van der Waals surface area contributed by atoms with E-state index in [0.717, 1.165) is 25.9 Å². The lowest BCUT2D eigenvalue weighted by molar-refractivity contribution is -0.123. The number of ether oxygens (including phenoxy) is 3. The van der Waals surface area contributed by atoms with E-state index in [1.807, 2.05) is 0 Å². The fraction of sp³-hybridized carbons (Fsp3) is 0.348. The van der Waals surface area contributed by atoms with E-state index in [0.29, 0.717) is 47.4 Å². The molecule has 3 heterocycles. The monoisotopic (exact) mass is 437 g/mol. The van der Waals surface area contributed by atoms with Crippen LogP contribution in [0, 0.1) is 0 Å². The number of carbonyl (C=O) groups is 3. The first kappa shape index (κ1) is 20.2. The summed E-state index contributed by atoms with van der Waals surface area (Å²) in [4.78, 5) is 41.2. The lowest BCUT2D eigenvalue weighted by Gasteiger charge is -2.29. The van der Waals surface area contributed by atoms with Crippen LogP contribution in [0.2, 0.25) is 0 Å². The van der Waals surface area contributed by atoms with Gasteiger partial charge in [0.2, 0.25) is 5.91 Å². The van der Waals surface area contributed by atoms with Gasteiger partial charge in [-0.2, -0.15) is 0 Å². The van der Waals surface area contributed by atoms with E-state index in [1.54, 1.807) is 41.3 Å². The first-order chi connectivity index (χ1) is 15.6. The van der Waals surface area contributed by atoms with E-state index in [4.69, 9.17) is 14.2 Å². The number of rotatable bonds is 4. The maximum Gasteiger partial charge on any atom is 0.265 e. The Morgan fingerprint density at radius 1 is 0.906 bits per heavy atom. The number of benzene rings is 2. The molecule has 1 saturated heterocycles. The molecule has 9 nitrogen and oxygen atoms in total. The van der Waals surface area contributed by atoms with Gasteiger partial charge in [-0.1, -0.05) is 0 Å². The Labute approximate surface area is 184 Å². The number of nitrogens with zero attached hydrogens (tertiary/aromatic N) is 2. The molecule has 1 fully saturated rings. The summed E-state index contributed by atoms with van der Waals surface area (Å²) in [6.45, 7) is 2.02. The number of amides is 3. The number of carbonyl (C=O) groups excluding carboxylic acids is 3. The van der Waals surface area contributed by atoms with Gasteiger partial charge >= 0.3 is 0 Å². The quantitative estimate of drug-likeness (QED) is 0.787. The molecule has 32 heavy (non-hydrogen) atoms. The molecule has 0 radical (unpaired) electrons. The number of hydrogen-bond donors (Lipinski definition) is 1. The van der Waals surface area contributed by atoms with Gasteiger partial charge in [0, 0.05) is 30.4 Å². The van der Waals surface area contributed by atoms with Crippen LogP contribution in [0.25, 0.3) is 0 Å². The zero-order valence-electron chi connectivity index (χ0n) is 17.5. The van der Waals surface area contributed by atoms with Crippen molar-refractivity contribution in [3.63, 3.8) is 0 Å². The van der Waals surface area contributed by atoms with Crippen molar-refractivity contribution in [1.82, 2.24) is 4.90 Å². The predicted octanol–water partition coefficient (Wildman–Crippen LogP) is 2.06. The summed E-state index contributed by atoms with van der Waals surface area (Å²) in [5.41, 5.74) is 1.43. The van der Waals surface area contributed by atoms with Crippen molar-refractivity contribution in [2.45, 2.75) is 12.8 Å². The van der Waals surface area contributed by atoms with Crippen molar-refractivity contribution in [3.8, 4) is 17.2 Å². The van der Waals surface area contributed by atoms with Crippen molar-refractivity contribution >= 4 is 29.1 Å². The van der Waals surface area contributed by atoms with Gasteiger partial charge in [0.1, 0.15) is 25.5 Å². The summed E-state index contributed by atoms with van der Waals surface area (Å²) in [5, 5.41) is 2.79. The van der Waals surface area contributed by atoms with Crippen LogP contribution in [0.1, 0.15) is 23.2 Å². The van der Waals surface area contributed by atoms with Crippen molar-refractivity contribution < 1.29 is 28.6 Å². The second kappa shape index (κ2) is 8.41. The van der Waals surface area contributed by atoms with Gasteiger partial charge in [0.15, 0.2) is 18.1 Å². The highest BCUT2D eigenvalue weighted by molar-refractivity contribution is 6.06. The molecule has 0 unspecified atom stereocenters. The lowest BCUT2D eigenvalue weighted by Crippen LogP contribution is -2.43. The van der Waals surface area contributed by atoms with Crippen LogP contribution in [-0.2, 0) is 9.59 Å². The normalized spacial score (nSPS) is 16.9. The summed E-state index contributed by atoms with van der Waals surface area (Å²) in [6, 6.07) is 10.1. The Hall–Kier alpha value is -3.75. The van der Waals surface area contributed by atoms with Crippen molar-refractivity contribution in [3.05, 3.63) is 42.0 Å². The zero-order chi connectivity index (χ0) is 22.1. The maximum atomic E-state index is 12.8. The predicted molar refractivity (Wildman–Crippen MR) is 115 cm³/mol. The van der Waals surface area contributed by atoms with E-state index in [2.05, 4.69) is 5.32 Å². The zero-order valence-corrected chi connectivity index (χ0v) is 17.5. The van der Waals surface area contributed by atoms with Crippen LogP contribution in [0.5, 0.6) is 17.2 Å². The Morgan fingerprint density at radius 3 is 2.47 bits per heavy atom. The molecule has 0 saturated carbocycles. The van der Waals surface area contributed by atoms with Crippen LogP contribution in [0.15, 0.2) is 36.4 Å². The molecule has 1 N–H and O–H groups in total. The Morgan fingerprint density at radius 2 is 1.66 bits per heavy atom. The average molecular weight is 437 g/mol. The van der Waals surface area contributed by atoms with E-state index in [1.165, 1.54) is 4.90 Å². The van der Waals surface area contributed by atoms with E-state index in [-0.39, 0.29) is 30.9 Å². The highest BCUT2D eigenvalue weighted by Crippen LogP contribution is 2.34. The second-order valence-corrected chi connectivity index (χ2v) is 7.86. The van der Waals surface area contributed by atoms with Gasteiger partial charge in [0.25, 0.3) is 11.8 Å². The Kier molecular flexibility index (Phi) is 5.30. The van der Waals surface area contributed by atoms with Gasteiger partial charge in [-0.25, -0.2) is 0 Å². The number of hydrogen-bond acceptors (Lipinski definition) is 6. The minimum absolute atomic E-state index is 0.0796. The van der Waals surface area contributed by atoms with Crippen LogP contribution in [-0.4, -0.2) is 62.1 Å². The first-order valence-electron chi connectivity index (χ1n) is 10.6. The van der Waals surface area contributed by atoms with Gasteiger partial charge in [-0.05, 0) is 43.2 Å². The second-order valence-electron chi connectivity index (χ2n) is 7.86. The molecule has 0 spiro atoms. The van der Waals surface area contributed by atoms with Gasteiger partial charge in [0.05, 0.1) is 5.69 Å². The molecular formula is C23H23N3O6. The van der Waals surface area contributed by atoms with Crippen LogP contribution in [0.3, 0.4) is 0 Å². The number of anilines is 2. The molecule has 9 heteroatoms. The third-order valence-corrected chi connectivity index (χ3v) is 5.67. The summed E-state index contributed by atoms with van der Waals surface area (Å²) < 4.78 is 16.5. The van der Waals surface area contributed by atoms with E-state index in [9.17, 15) is 14.4 Å². The molecule has 3 aliphatic heterocycles.